The van der Waals surface area contributed by atoms with Gasteiger partial charge in [0.2, 0.25) is 0 Å². The Balaban J connectivity index is 2.39. The minimum absolute atomic E-state index is 0.0586. The standard InChI is InChI=1S/C48H78NO9P/c1-6-8-10-12-14-16-17-18-19-20-21-22-23-25-27-29-35-39-48(51)57-44(43-56-59(52,53)55-41-40-49(3,4)5)42-54-47(50)38-34-31-30-33-37-46-45(58-46)36-32-28-26-24-15-13-11-9-7-2/h8,10,14-16,18-19,21-22,24-25,27-28,30,32-33,44-46H,6-7,9,11-13,17,20,23,26,29,31,34-43H2,1-5H3/b10-8-,16-14-,19-18-,22-21-,24-15-,27-25-,32-28-,33-30-/t44-,45?,46?/m1/s1. The summed E-state index contributed by atoms with van der Waals surface area (Å²) in [6.07, 6.45) is 49.0. The van der Waals surface area contributed by atoms with E-state index in [0.29, 0.717) is 36.7 Å². The normalized spacial score (nSPS) is 17.9. The molecule has 1 rings (SSSR count). The molecule has 0 amide bonds. The molecule has 1 heterocycles. The Labute approximate surface area is 358 Å². The fourth-order valence-corrected chi connectivity index (χ4v) is 6.16. The van der Waals surface area contributed by atoms with E-state index >= 15 is 0 Å². The number of carbonyl (C=O) groups is 2. The molecule has 0 spiro atoms. The van der Waals surface area contributed by atoms with Crippen LogP contribution in [-0.4, -0.2) is 82.2 Å². The molecule has 0 saturated carbocycles. The maximum atomic E-state index is 12.7. The molecule has 1 fully saturated rings. The molecule has 3 unspecified atom stereocenters. The van der Waals surface area contributed by atoms with E-state index in [2.05, 4.69) is 98.9 Å². The van der Waals surface area contributed by atoms with Crippen molar-refractivity contribution in [2.24, 2.45) is 0 Å². The van der Waals surface area contributed by atoms with E-state index in [-0.39, 0.29) is 38.3 Å². The maximum absolute atomic E-state index is 12.7. The van der Waals surface area contributed by atoms with Crippen LogP contribution in [0.15, 0.2) is 97.2 Å². The summed E-state index contributed by atoms with van der Waals surface area (Å²) in [6.45, 7) is 3.90. The van der Waals surface area contributed by atoms with Crippen LogP contribution in [0.1, 0.15) is 129 Å². The lowest BCUT2D eigenvalue weighted by atomic mass is 10.1. The van der Waals surface area contributed by atoms with Crippen molar-refractivity contribution in [2.75, 3.05) is 47.5 Å². The smallest absolute Gasteiger partial charge is 0.306 e. The van der Waals surface area contributed by atoms with Crippen LogP contribution < -0.4 is 4.89 Å². The molecule has 11 heteroatoms. The number of carbonyl (C=O) groups excluding carboxylic acids is 2. The fourth-order valence-electron chi connectivity index (χ4n) is 5.43. The molecular formula is C48H78NO9P. The molecule has 1 aliphatic heterocycles. The van der Waals surface area contributed by atoms with Gasteiger partial charge in [-0.15, -0.1) is 0 Å². The number of hydrogen-bond donors (Lipinski definition) is 0. The van der Waals surface area contributed by atoms with Crippen LogP contribution in [0.3, 0.4) is 0 Å². The van der Waals surface area contributed by atoms with E-state index in [1.807, 2.05) is 33.3 Å². The van der Waals surface area contributed by atoms with Gasteiger partial charge in [0.1, 0.15) is 19.8 Å². The van der Waals surface area contributed by atoms with Crippen molar-refractivity contribution in [1.29, 1.82) is 0 Å². The first-order valence-electron chi connectivity index (χ1n) is 22.1. The largest absolute Gasteiger partial charge is 0.756 e. The summed E-state index contributed by atoms with van der Waals surface area (Å²) in [6, 6.07) is 0. The van der Waals surface area contributed by atoms with Crippen molar-refractivity contribution in [1.82, 2.24) is 0 Å². The maximum Gasteiger partial charge on any atom is 0.306 e. The van der Waals surface area contributed by atoms with Crippen LogP contribution >= 0.6 is 7.82 Å². The number of epoxide rings is 1. The van der Waals surface area contributed by atoms with E-state index in [0.717, 1.165) is 57.8 Å². The van der Waals surface area contributed by atoms with Gasteiger partial charge in [0.05, 0.1) is 40.0 Å². The lowest BCUT2D eigenvalue weighted by Crippen LogP contribution is -2.37. The lowest BCUT2D eigenvalue weighted by Gasteiger charge is -2.28. The highest BCUT2D eigenvalue weighted by Crippen LogP contribution is 2.38. The summed E-state index contributed by atoms with van der Waals surface area (Å²) in [5.74, 6) is -0.988. The van der Waals surface area contributed by atoms with Crippen LogP contribution in [0, 0.1) is 0 Å². The Morgan fingerprint density at radius 1 is 0.627 bits per heavy atom. The zero-order chi connectivity index (χ0) is 43.3. The molecule has 334 valence electrons. The second-order valence-corrected chi connectivity index (χ2v) is 17.1. The van der Waals surface area contributed by atoms with Gasteiger partial charge in [0.25, 0.3) is 7.82 Å². The Morgan fingerprint density at radius 3 is 1.64 bits per heavy atom. The van der Waals surface area contributed by atoms with Gasteiger partial charge in [-0.1, -0.05) is 124 Å². The zero-order valence-corrected chi connectivity index (χ0v) is 38.0. The van der Waals surface area contributed by atoms with Crippen molar-refractivity contribution in [3.05, 3.63) is 97.2 Å². The number of likely N-dealkylation sites (N-methyl/N-ethyl adjacent to an activating group) is 1. The molecular weight excluding hydrogens is 766 g/mol. The first-order chi connectivity index (χ1) is 28.5. The van der Waals surface area contributed by atoms with Crippen molar-refractivity contribution in [3.8, 4) is 0 Å². The minimum Gasteiger partial charge on any atom is -0.756 e. The number of esters is 2. The highest BCUT2D eigenvalue weighted by Gasteiger charge is 2.36. The van der Waals surface area contributed by atoms with Crippen LogP contribution in [0.4, 0.5) is 0 Å². The van der Waals surface area contributed by atoms with Gasteiger partial charge in [-0.05, 0) is 89.9 Å². The van der Waals surface area contributed by atoms with Gasteiger partial charge in [-0.2, -0.15) is 0 Å². The third-order valence-electron chi connectivity index (χ3n) is 8.99. The molecule has 0 aromatic carbocycles. The fraction of sp³-hybridized carbons (Fsp3) is 0.625. The number of hydrogen-bond acceptors (Lipinski definition) is 9. The van der Waals surface area contributed by atoms with Crippen LogP contribution in [0.2, 0.25) is 0 Å². The van der Waals surface area contributed by atoms with E-state index in [9.17, 15) is 19.0 Å². The number of ether oxygens (including phenoxy) is 3. The summed E-state index contributed by atoms with van der Waals surface area (Å²) in [5.41, 5.74) is 0. The van der Waals surface area contributed by atoms with Gasteiger partial charge >= 0.3 is 11.9 Å². The second kappa shape index (κ2) is 35.6. The van der Waals surface area contributed by atoms with Crippen molar-refractivity contribution in [2.45, 2.75) is 148 Å². The average Bonchev–Trinajstić information content (AvgIpc) is 3.94. The first-order valence-corrected chi connectivity index (χ1v) is 23.5. The van der Waals surface area contributed by atoms with Crippen LogP contribution in [0.5, 0.6) is 0 Å². The van der Waals surface area contributed by atoms with Crippen molar-refractivity contribution >= 4 is 19.8 Å². The number of quaternary nitrogens is 1. The molecule has 0 bridgehead atoms. The first kappa shape index (κ1) is 53.9. The monoisotopic (exact) mass is 844 g/mol. The van der Waals surface area contributed by atoms with Crippen LogP contribution in [0.25, 0.3) is 0 Å². The van der Waals surface area contributed by atoms with Gasteiger partial charge in [-0.25, -0.2) is 0 Å². The molecule has 10 nitrogen and oxygen atoms in total. The van der Waals surface area contributed by atoms with Gasteiger partial charge < -0.3 is 32.6 Å². The van der Waals surface area contributed by atoms with Gasteiger partial charge in [0, 0.05) is 12.8 Å². The molecule has 0 aromatic rings. The molecule has 1 saturated heterocycles. The quantitative estimate of drug-likeness (QED) is 0.0150. The van der Waals surface area contributed by atoms with E-state index < -0.39 is 32.5 Å². The minimum atomic E-state index is -4.67. The van der Waals surface area contributed by atoms with Gasteiger partial charge in [-0.3, -0.25) is 14.2 Å². The molecule has 0 radical (unpaired) electrons. The highest BCUT2D eigenvalue weighted by molar-refractivity contribution is 7.45. The molecule has 59 heavy (non-hydrogen) atoms. The van der Waals surface area contributed by atoms with E-state index in [1.165, 1.54) is 19.3 Å². The molecule has 0 aromatic heterocycles. The summed E-state index contributed by atoms with van der Waals surface area (Å²) < 4.78 is 39.6. The van der Waals surface area contributed by atoms with Crippen molar-refractivity contribution < 1.29 is 46.8 Å². The number of allylic oxidation sites excluding steroid dienone is 14. The molecule has 4 atom stereocenters. The summed E-state index contributed by atoms with van der Waals surface area (Å²) >= 11 is 0. The van der Waals surface area contributed by atoms with Crippen molar-refractivity contribution in [3.63, 3.8) is 0 Å². The van der Waals surface area contributed by atoms with E-state index in [1.54, 1.807) is 0 Å². The Bertz CT molecular complexity index is 1390. The highest BCUT2D eigenvalue weighted by atomic mass is 31.2. The number of unbranched alkanes of at least 4 members (excludes halogenated alkanes) is 5. The SMILES string of the molecule is CC/C=C\C/C=C\C/C=C\C/C=C\C/C=C\CCCC(=O)O[C@H](COC(=O)CCC/C=C\CC1OC1C/C=C\C/C=C\CCCCC)COP(=O)([O-])OCC[N+](C)(C)C. The van der Waals surface area contributed by atoms with E-state index in [4.69, 9.17) is 23.3 Å². The summed E-state index contributed by atoms with van der Waals surface area (Å²) in [7, 11) is 1.07. The number of nitrogens with zero attached hydrogens (tertiary/aromatic N) is 1. The van der Waals surface area contributed by atoms with Gasteiger partial charge in [0.15, 0.2) is 6.10 Å². The predicted molar refractivity (Wildman–Crippen MR) is 239 cm³/mol. The number of phosphoric acid groups is 1. The lowest BCUT2D eigenvalue weighted by molar-refractivity contribution is -0.870. The Hall–Kier alpha value is -3.11. The Morgan fingerprint density at radius 2 is 1.10 bits per heavy atom. The molecule has 0 aliphatic carbocycles. The second-order valence-electron chi connectivity index (χ2n) is 15.7. The zero-order valence-electron chi connectivity index (χ0n) is 37.1. The van der Waals surface area contributed by atoms with Crippen LogP contribution in [-0.2, 0) is 37.4 Å². The average molecular weight is 844 g/mol. The molecule has 0 N–H and O–H groups in total. The summed E-state index contributed by atoms with van der Waals surface area (Å²) in [4.78, 5) is 37.6. The summed E-state index contributed by atoms with van der Waals surface area (Å²) in [5, 5.41) is 0. The number of rotatable bonds is 37. The molecule has 1 aliphatic rings. The topological polar surface area (TPSA) is 124 Å². The third-order valence-corrected chi connectivity index (χ3v) is 9.95. The third kappa shape index (κ3) is 36.5. The number of phosphoric ester groups is 1. The Kier molecular flexibility index (Phi) is 32.6. The predicted octanol–water partition coefficient (Wildman–Crippen LogP) is 10.9.